The molecule has 0 spiro atoms. The predicted octanol–water partition coefficient (Wildman–Crippen LogP) is 0.907. The molecule has 0 aliphatic heterocycles. The summed E-state index contributed by atoms with van der Waals surface area (Å²) in [5, 5.41) is 26.5. The summed E-state index contributed by atoms with van der Waals surface area (Å²) in [6, 6.07) is 4.60. The summed E-state index contributed by atoms with van der Waals surface area (Å²) in [5.41, 5.74) is 0.0134. The van der Waals surface area contributed by atoms with Gasteiger partial charge in [0, 0.05) is 26.1 Å². The molecule has 106 valence electrons. The van der Waals surface area contributed by atoms with Gasteiger partial charge in [-0.1, -0.05) is 6.07 Å². The molecule has 0 atom stereocenters. The number of rotatable bonds is 9. The Bertz CT molecular complexity index is 404. The van der Waals surface area contributed by atoms with Crippen LogP contribution in [0.4, 0.5) is 0 Å². The lowest BCUT2D eigenvalue weighted by Crippen LogP contribution is -2.09. The normalized spacial score (nSPS) is 10.2. The first-order chi connectivity index (χ1) is 9.20. The Balaban J connectivity index is 2.86. The largest absolute Gasteiger partial charge is 0.490 e. The van der Waals surface area contributed by atoms with Crippen molar-refractivity contribution in [1.29, 1.82) is 0 Å². The van der Waals surface area contributed by atoms with Crippen LogP contribution in [0.3, 0.4) is 0 Å². The van der Waals surface area contributed by atoms with Gasteiger partial charge in [0.1, 0.15) is 5.56 Å². The molecule has 1 aromatic carbocycles. The van der Waals surface area contributed by atoms with Crippen LogP contribution in [0, 0.1) is 0 Å². The van der Waals surface area contributed by atoms with Crippen molar-refractivity contribution in [2.24, 2.45) is 0 Å². The van der Waals surface area contributed by atoms with Gasteiger partial charge in [-0.25, -0.2) is 4.79 Å². The molecule has 0 heterocycles. The van der Waals surface area contributed by atoms with Gasteiger partial charge < -0.3 is 24.8 Å². The smallest absolute Gasteiger partial charge is 0.339 e. The van der Waals surface area contributed by atoms with E-state index >= 15 is 0 Å². The summed E-state index contributed by atoms with van der Waals surface area (Å²) in [4.78, 5) is 11.1. The zero-order chi connectivity index (χ0) is 14.1. The second kappa shape index (κ2) is 8.34. The van der Waals surface area contributed by atoms with Crippen LogP contribution in [0.15, 0.2) is 18.2 Å². The van der Waals surface area contributed by atoms with Gasteiger partial charge in [0.05, 0.1) is 13.2 Å². The summed E-state index contributed by atoms with van der Waals surface area (Å²) in [5.74, 6) is -0.626. The first kappa shape index (κ1) is 15.3. The van der Waals surface area contributed by atoms with Crippen molar-refractivity contribution < 1.29 is 29.6 Å². The zero-order valence-corrected chi connectivity index (χ0v) is 10.5. The minimum Gasteiger partial charge on any atom is -0.490 e. The molecular weight excluding hydrogens is 252 g/mol. The van der Waals surface area contributed by atoms with Crippen LogP contribution in [-0.4, -0.2) is 47.7 Å². The molecule has 0 bridgehead atoms. The number of aromatic carboxylic acids is 1. The van der Waals surface area contributed by atoms with Crippen molar-refractivity contribution in [2.75, 3.05) is 26.4 Å². The summed E-state index contributed by atoms with van der Waals surface area (Å²) >= 11 is 0. The van der Waals surface area contributed by atoms with Gasteiger partial charge in [0.2, 0.25) is 0 Å². The van der Waals surface area contributed by atoms with Crippen LogP contribution in [0.5, 0.6) is 11.5 Å². The Morgan fingerprint density at radius 2 is 1.68 bits per heavy atom. The quantitative estimate of drug-likeness (QED) is 0.577. The van der Waals surface area contributed by atoms with Crippen molar-refractivity contribution in [3.8, 4) is 11.5 Å². The molecule has 0 unspecified atom stereocenters. The molecule has 0 saturated carbocycles. The third kappa shape index (κ3) is 4.76. The predicted molar refractivity (Wildman–Crippen MR) is 67.8 cm³/mol. The highest BCUT2D eigenvalue weighted by Gasteiger charge is 2.16. The first-order valence-electron chi connectivity index (χ1n) is 6.04. The highest BCUT2D eigenvalue weighted by molar-refractivity contribution is 5.92. The van der Waals surface area contributed by atoms with Gasteiger partial charge in [-0.05, 0) is 12.1 Å². The van der Waals surface area contributed by atoms with E-state index in [1.807, 2.05) is 0 Å². The van der Waals surface area contributed by atoms with E-state index < -0.39 is 5.97 Å². The van der Waals surface area contributed by atoms with Gasteiger partial charge in [0.15, 0.2) is 11.5 Å². The average molecular weight is 270 g/mol. The molecule has 0 radical (unpaired) electrons. The van der Waals surface area contributed by atoms with Crippen LogP contribution in [0.25, 0.3) is 0 Å². The Kier molecular flexibility index (Phi) is 6.70. The highest BCUT2D eigenvalue weighted by atomic mass is 16.5. The SMILES string of the molecule is O=C(O)c1cccc(OCCCO)c1OCCCO. The third-order valence-corrected chi connectivity index (χ3v) is 2.32. The lowest BCUT2D eigenvalue weighted by molar-refractivity contribution is 0.0690. The Hall–Kier alpha value is -1.79. The maximum absolute atomic E-state index is 11.1. The second-order valence-electron chi connectivity index (χ2n) is 3.79. The summed E-state index contributed by atoms with van der Waals surface area (Å²) in [6.45, 7) is 0.447. The van der Waals surface area contributed by atoms with E-state index in [1.165, 1.54) is 6.07 Å². The number of para-hydroxylation sites is 1. The van der Waals surface area contributed by atoms with Gasteiger partial charge in [0.25, 0.3) is 0 Å². The van der Waals surface area contributed by atoms with Crippen molar-refractivity contribution in [3.63, 3.8) is 0 Å². The number of hydrogen-bond acceptors (Lipinski definition) is 5. The lowest BCUT2D eigenvalue weighted by Gasteiger charge is -2.14. The van der Waals surface area contributed by atoms with Crippen molar-refractivity contribution in [2.45, 2.75) is 12.8 Å². The fourth-order valence-electron chi connectivity index (χ4n) is 1.43. The van der Waals surface area contributed by atoms with E-state index in [9.17, 15) is 4.79 Å². The fourth-order valence-corrected chi connectivity index (χ4v) is 1.43. The molecular formula is C13H18O6. The van der Waals surface area contributed by atoms with Gasteiger partial charge in [-0.15, -0.1) is 0 Å². The number of carboxylic acid groups (broad SMARTS) is 1. The molecule has 0 aliphatic carbocycles. The van der Waals surface area contributed by atoms with E-state index in [4.69, 9.17) is 24.8 Å². The minimum atomic E-state index is -1.10. The first-order valence-corrected chi connectivity index (χ1v) is 6.04. The van der Waals surface area contributed by atoms with Crippen LogP contribution >= 0.6 is 0 Å². The molecule has 0 aromatic heterocycles. The van der Waals surface area contributed by atoms with E-state index in [0.717, 1.165) is 0 Å². The zero-order valence-electron chi connectivity index (χ0n) is 10.5. The van der Waals surface area contributed by atoms with E-state index in [2.05, 4.69) is 0 Å². The maximum Gasteiger partial charge on any atom is 0.339 e. The molecule has 0 fully saturated rings. The lowest BCUT2D eigenvalue weighted by atomic mass is 10.2. The van der Waals surface area contributed by atoms with Crippen LogP contribution in [-0.2, 0) is 0 Å². The fraction of sp³-hybridized carbons (Fsp3) is 0.462. The molecule has 1 rings (SSSR count). The number of hydrogen-bond donors (Lipinski definition) is 3. The molecule has 1 aromatic rings. The van der Waals surface area contributed by atoms with Gasteiger partial charge >= 0.3 is 5.97 Å². The molecule has 0 saturated heterocycles. The summed E-state index contributed by atoms with van der Waals surface area (Å²) in [6.07, 6.45) is 0.859. The van der Waals surface area contributed by atoms with Crippen molar-refractivity contribution in [3.05, 3.63) is 23.8 Å². The average Bonchev–Trinajstić information content (AvgIpc) is 2.40. The molecule has 0 aliphatic rings. The number of aliphatic hydroxyl groups is 2. The topological polar surface area (TPSA) is 96.2 Å². The molecule has 0 amide bonds. The number of benzene rings is 1. The summed E-state index contributed by atoms with van der Waals surface area (Å²) in [7, 11) is 0. The van der Waals surface area contributed by atoms with Crippen LogP contribution in [0.1, 0.15) is 23.2 Å². The Morgan fingerprint density at radius 3 is 2.26 bits per heavy atom. The highest BCUT2D eigenvalue weighted by Crippen LogP contribution is 2.31. The Morgan fingerprint density at radius 1 is 1.05 bits per heavy atom. The van der Waals surface area contributed by atoms with Crippen LogP contribution in [0.2, 0.25) is 0 Å². The third-order valence-electron chi connectivity index (χ3n) is 2.32. The van der Waals surface area contributed by atoms with Gasteiger partial charge in [-0.3, -0.25) is 0 Å². The van der Waals surface area contributed by atoms with E-state index in [0.29, 0.717) is 18.6 Å². The minimum absolute atomic E-state index is 0.000670. The van der Waals surface area contributed by atoms with Crippen molar-refractivity contribution >= 4 is 5.97 Å². The van der Waals surface area contributed by atoms with Crippen molar-refractivity contribution in [1.82, 2.24) is 0 Å². The maximum atomic E-state index is 11.1. The monoisotopic (exact) mass is 270 g/mol. The number of carbonyl (C=O) groups is 1. The number of carboxylic acids is 1. The van der Waals surface area contributed by atoms with E-state index in [1.54, 1.807) is 12.1 Å². The molecule has 3 N–H and O–H groups in total. The standard InChI is InChI=1S/C13H18O6/c14-6-2-8-18-11-5-1-4-10(13(16)17)12(11)19-9-3-7-15/h1,4-5,14-15H,2-3,6-9H2,(H,16,17). The number of aliphatic hydroxyl groups excluding tert-OH is 2. The number of ether oxygens (including phenoxy) is 2. The molecule has 6 heteroatoms. The van der Waals surface area contributed by atoms with E-state index in [-0.39, 0.29) is 37.7 Å². The summed E-state index contributed by atoms with van der Waals surface area (Å²) < 4.78 is 10.8. The van der Waals surface area contributed by atoms with Crippen LogP contribution < -0.4 is 9.47 Å². The molecule has 6 nitrogen and oxygen atoms in total. The molecule has 19 heavy (non-hydrogen) atoms. The Labute approximate surface area is 111 Å². The second-order valence-corrected chi connectivity index (χ2v) is 3.79. The van der Waals surface area contributed by atoms with Gasteiger partial charge in [-0.2, -0.15) is 0 Å².